The van der Waals surface area contributed by atoms with Crippen molar-refractivity contribution in [3.63, 3.8) is 0 Å². The Balaban J connectivity index is 1.81. The molecule has 5 nitrogen and oxygen atoms in total. The van der Waals surface area contributed by atoms with E-state index in [1.807, 2.05) is 104 Å². The van der Waals surface area contributed by atoms with Crippen molar-refractivity contribution >= 4 is 17.8 Å². The first kappa shape index (κ1) is 20.1. The van der Waals surface area contributed by atoms with Gasteiger partial charge in [0.25, 0.3) is 5.56 Å². The minimum Gasteiger partial charge on any atom is -0.493 e. The standard InChI is InChI=1S/C26H23N3O2/c1-27(2)21-18-16-20(17-19-21)10-9-15-24-25(30)28(22-11-5-3-6-12-22)29(26(24)31)23-13-7-4-8-14-23/h3-8,10-19,30H,1-2H3. The molecular formula is C26H23N3O2. The Kier molecular flexibility index (Phi) is 5.61. The summed E-state index contributed by atoms with van der Waals surface area (Å²) in [6.07, 6.45) is 3.31. The van der Waals surface area contributed by atoms with E-state index in [1.165, 1.54) is 15.4 Å². The molecule has 0 aliphatic carbocycles. The Labute approximate surface area is 181 Å². The second kappa shape index (κ2) is 8.66. The third-order valence-electron chi connectivity index (χ3n) is 4.95. The van der Waals surface area contributed by atoms with Gasteiger partial charge in [-0.15, -0.1) is 5.73 Å². The first-order valence-corrected chi connectivity index (χ1v) is 9.94. The molecule has 1 aromatic heterocycles. The van der Waals surface area contributed by atoms with Crippen molar-refractivity contribution in [1.82, 2.24) is 9.36 Å². The maximum atomic E-state index is 13.2. The summed E-state index contributed by atoms with van der Waals surface area (Å²) in [5.41, 5.74) is 6.29. The molecule has 0 atom stereocenters. The fourth-order valence-corrected chi connectivity index (χ4v) is 3.33. The molecule has 0 amide bonds. The summed E-state index contributed by atoms with van der Waals surface area (Å²) in [4.78, 5) is 15.3. The minimum atomic E-state index is -0.323. The number of para-hydroxylation sites is 2. The summed E-state index contributed by atoms with van der Waals surface area (Å²) in [6, 6.07) is 26.5. The summed E-state index contributed by atoms with van der Waals surface area (Å²) in [7, 11) is 3.98. The number of aromatic hydroxyl groups is 1. The third-order valence-corrected chi connectivity index (χ3v) is 4.95. The zero-order chi connectivity index (χ0) is 21.8. The van der Waals surface area contributed by atoms with Crippen LogP contribution in [0.4, 0.5) is 5.69 Å². The predicted molar refractivity (Wildman–Crippen MR) is 126 cm³/mol. The molecule has 0 saturated carbocycles. The first-order valence-electron chi connectivity index (χ1n) is 9.94. The van der Waals surface area contributed by atoms with Crippen LogP contribution >= 0.6 is 0 Å². The van der Waals surface area contributed by atoms with Crippen molar-refractivity contribution in [2.75, 3.05) is 19.0 Å². The number of rotatable bonds is 5. The number of aromatic nitrogens is 2. The van der Waals surface area contributed by atoms with Crippen LogP contribution in [0.15, 0.2) is 95.5 Å². The molecule has 0 fully saturated rings. The van der Waals surface area contributed by atoms with Crippen LogP contribution in [0.1, 0.15) is 11.1 Å². The Hall–Kier alpha value is -4.21. The highest BCUT2D eigenvalue weighted by molar-refractivity contribution is 5.63. The SMILES string of the molecule is CN(C)c1ccc(C=C=Cc2c(O)n(-c3ccccc3)n(-c3ccccc3)c2=O)cc1. The summed E-state index contributed by atoms with van der Waals surface area (Å²) in [5, 5.41) is 11.0. The van der Waals surface area contributed by atoms with Crippen LogP contribution in [0.5, 0.6) is 5.88 Å². The average molecular weight is 409 g/mol. The molecule has 4 rings (SSSR count). The molecule has 0 spiro atoms. The fourth-order valence-electron chi connectivity index (χ4n) is 3.33. The van der Waals surface area contributed by atoms with Gasteiger partial charge in [0.15, 0.2) is 0 Å². The van der Waals surface area contributed by atoms with Gasteiger partial charge in [-0.3, -0.25) is 4.79 Å². The zero-order valence-corrected chi connectivity index (χ0v) is 17.4. The Morgan fingerprint density at radius 3 is 1.87 bits per heavy atom. The minimum absolute atomic E-state index is 0.135. The lowest BCUT2D eigenvalue weighted by Gasteiger charge is -2.12. The van der Waals surface area contributed by atoms with Crippen LogP contribution < -0.4 is 10.5 Å². The van der Waals surface area contributed by atoms with Crippen LogP contribution in [-0.4, -0.2) is 28.6 Å². The van der Waals surface area contributed by atoms with Gasteiger partial charge in [-0.2, -0.15) is 0 Å². The fraction of sp³-hybridized carbons (Fsp3) is 0.0769. The maximum Gasteiger partial charge on any atom is 0.283 e. The van der Waals surface area contributed by atoms with Gasteiger partial charge in [0.05, 0.1) is 11.4 Å². The normalized spacial score (nSPS) is 10.4. The Morgan fingerprint density at radius 1 is 0.774 bits per heavy atom. The Bertz CT molecular complexity index is 1290. The lowest BCUT2D eigenvalue weighted by molar-refractivity contribution is 0.424. The van der Waals surface area contributed by atoms with E-state index in [0.717, 1.165) is 11.3 Å². The van der Waals surface area contributed by atoms with E-state index in [4.69, 9.17) is 0 Å². The number of anilines is 1. The molecule has 4 aromatic rings. The van der Waals surface area contributed by atoms with Crippen molar-refractivity contribution in [3.8, 4) is 17.3 Å². The highest BCUT2D eigenvalue weighted by Gasteiger charge is 2.20. The van der Waals surface area contributed by atoms with E-state index >= 15 is 0 Å². The van der Waals surface area contributed by atoms with Gasteiger partial charge >= 0.3 is 0 Å². The lowest BCUT2D eigenvalue weighted by atomic mass is 10.2. The third kappa shape index (κ3) is 4.08. The van der Waals surface area contributed by atoms with E-state index < -0.39 is 0 Å². The molecule has 0 bridgehead atoms. The highest BCUT2D eigenvalue weighted by Crippen LogP contribution is 2.24. The summed E-state index contributed by atoms with van der Waals surface area (Å²) >= 11 is 0. The van der Waals surface area contributed by atoms with Gasteiger partial charge in [0.1, 0.15) is 5.56 Å². The summed E-state index contributed by atoms with van der Waals surface area (Å²) in [6.45, 7) is 0. The highest BCUT2D eigenvalue weighted by atomic mass is 16.3. The van der Waals surface area contributed by atoms with Gasteiger partial charge in [-0.1, -0.05) is 48.5 Å². The van der Waals surface area contributed by atoms with Gasteiger partial charge < -0.3 is 10.0 Å². The summed E-state index contributed by atoms with van der Waals surface area (Å²) in [5.74, 6) is -0.135. The number of hydrogen-bond acceptors (Lipinski definition) is 3. The second-order valence-electron chi connectivity index (χ2n) is 7.28. The van der Waals surface area contributed by atoms with Gasteiger partial charge in [-0.05, 0) is 54.1 Å². The molecule has 31 heavy (non-hydrogen) atoms. The van der Waals surface area contributed by atoms with E-state index in [1.54, 1.807) is 6.08 Å². The van der Waals surface area contributed by atoms with Crippen LogP contribution in [0.2, 0.25) is 0 Å². The van der Waals surface area contributed by atoms with Crippen molar-refractivity contribution in [3.05, 3.63) is 112 Å². The van der Waals surface area contributed by atoms with E-state index in [-0.39, 0.29) is 17.0 Å². The lowest BCUT2D eigenvalue weighted by Crippen LogP contribution is -2.20. The van der Waals surface area contributed by atoms with Crippen LogP contribution in [0.3, 0.4) is 0 Å². The molecule has 0 saturated heterocycles. The number of nitrogens with zero attached hydrogens (tertiary/aromatic N) is 3. The molecular weight excluding hydrogens is 386 g/mol. The van der Waals surface area contributed by atoms with Gasteiger partial charge in [0, 0.05) is 19.8 Å². The molecule has 0 unspecified atom stereocenters. The molecule has 1 heterocycles. The van der Waals surface area contributed by atoms with E-state index in [9.17, 15) is 9.90 Å². The molecule has 3 aromatic carbocycles. The maximum absolute atomic E-state index is 13.2. The molecule has 0 aliphatic rings. The number of benzene rings is 3. The largest absolute Gasteiger partial charge is 0.493 e. The molecule has 154 valence electrons. The quantitative estimate of drug-likeness (QED) is 0.485. The van der Waals surface area contributed by atoms with Crippen molar-refractivity contribution < 1.29 is 5.11 Å². The summed E-state index contributed by atoms with van der Waals surface area (Å²) < 4.78 is 2.97. The Morgan fingerprint density at radius 2 is 1.32 bits per heavy atom. The second-order valence-corrected chi connectivity index (χ2v) is 7.28. The van der Waals surface area contributed by atoms with Crippen molar-refractivity contribution in [1.29, 1.82) is 0 Å². The average Bonchev–Trinajstić information content (AvgIpc) is 3.05. The molecule has 0 radical (unpaired) electrons. The predicted octanol–water partition coefficient (Wildman–Crippen LogP) is 4.73. The van der Waals surface area contributed by atoms with E-state index in [0.29, 0.717) is 11.4 Å². The van der Waals surface area contributed by atoms with Gasteiger partial charge in [-0.25, -0.2) is 9.36 Å². The molecule has 1 N–H and O–H groups in total. The molecule has 0 aliphatic heterocycles. The van der Waals surface area contributed by atoms with Crippen LogP contribution in [0.25, 0.3) is 23.5 Å². The monoisotopic (exact) mass is 409 g/mol. The molecule has 5 heteroatoms. The van der Waals surface area contributed by atoms with E-state index in [2.05, 4.69) is 5.73 Å². The number of hydrogen-bond donors (Lipinski definition) is 1. The van der Waals surface area contributed by atoms with Gasteiger partial charge in [0.2, 0.25) is 5.88 Å². The van der Waals surface area contributed by atoms with Crippen molar-refractivity contribution in [2.45, 2.75) is 0 Å². The smallest absolute Gasteiger partial charge is 0.283 e. The van der Waals surface area contributed by atoms with Crippen molar-refractivity contribution in [2.24, 2.45) is 0 Å². The van der Waals surface area contributed by atoms with Crippen LogP contribution in [-0.2, 0) is 0 Å². The van der Waals surface area contributed by atoms with Crippen LogP contribution in [0, 0.1) is 0 Å². The topological polar surface area (TPSA) is 50.4 Å². The first-order chi connectivity index (χ1) is 15.1. The zero-order valence-electron chi connectivity index (χ0n) is 17.4.